The third kappa shape index (κ3) is 3.98. The minimum Gasteiger partial charge on any atom is -0.496 e. The van der Waals surface area contributed by atoms with E-state index in [0.29, 0.717) is 40.9 Å². The standard InChI is InChI=1S/C19H19ClN2O3S/c1-3-25-11-10-22-15-6-4-5-7-17(15)26-19(22)21-18(23)14-12-13(20)8-9-16(14)24-2/h4-9,12H,3,10-11H2,1-2H3. The summed E-state index contributed by atoms with van der Waals surface area (Å²) >= 11 is 7.50. The molecule has 0 saturated carbocycles. The number of ether oxygens (including phenoxy) is 2. The highest BCUT2D eigenvalue weighted by molar-refractivity contribution is 7.16. The Balaban J connectivity index is 2.07. The first kappa shape index (κ1) is 18.6. The molecule has 26 heavy (non-hydrogen) atoms. The van der Waals surface area contributed by atoms with Gasteiger partial charge in [0.15, 0.2) is 4.80 Å². The summed E-state index contributed by atoms with van der Waals surface area (Å²) in [5.74, 6) is 0.0613. The fraction of sp³-hybridized carbons (Fsp3) is 0.263. The average molecular weight is 391 g/mol. The minimum atomic E-state index is -0.388. The smallest absolute Gasteiger partial charge is 0.283 e. The van der Waals surface area contributed by atoms with Gasteiger partial charge in [0.25, 0.3) is 5.91 Å². The fourth-order valence-electron chi connectivity index (χ4n) is 2.62. The lowest BCUT2D eigenvalue weighted by atomic mass is 10.2. The summed E-state index contributed by atoms with van der Waals surface area (Å²) < 4.78 is 13.8. The van der Waals surface area contributed by atoms with E-state index in [1.54, 1.807) is 18.2 Å². The van der Waals surface area contributed by atoms with Gasteiger partial charge >= 0.3 is 0 Å². The summed E-state index contributed by atoms with van der Waals surface area (Å²) in [6.45, 7) is 3.78. The topological polar surface area (TPSA) is 52.8 Å². The SMILES string of the molecule is CCOCCn1c(=NC(=O)c2cc(Cl)ccc2OC)sc2ccccc21. The molecule has 0 bridgehead atoms. The maximum absolute atomic E-state index is 12.8. The Morgan fingerprint density at radius 3 is 2.85 bits per heavy atom. The van der Waals surface area contributed by atoms with Crippen LogP contribution in [0.2, 0.25) is 5.02 Å². The molecule has 0 aliphatic heterocycles. The van der Waals surface area contributed by atoms with Crippen LogP contribution in [0.3, 0.4) is 0 Å². The molecule has 3 rings (SSSR count). The number of halogens is 1. The Kier molecular flexibility index (Phi) is 6.08. The second kappa shape index (κ2) is 8.49. The first-order chi connectivity index (χ1) is 12.6. The molecule has 1 aromatic heterocycles. The average Bonchev–Trinajstić information content (AvgIpc) is 2.99. The number of amides is 1. The van der Waals surface area contributed by atoms with E-state index in [2.05, 4.69) is 4.99 Å². The summed E-state index contributed by atoms with van der Waals surface area (Å²) in [5, 5.41) is 0.463. The molecule has 0 fully saturated rings. The van der Waals surface area contributed by atoms with Crippen molar-refractivity contribution in [2.75, 3.05) is 20.3 Å². The fourth-order valence-corrected chi connectivity index (χ4v) is 3.84. The molecule has 1 heterocycles. The number of methoxy groups -OCH3 is 1. The monoisotopic (exact) mass is 390 g/mol. The van der Waals surface area contributed by atoms with E-state index in [4.69, 9.17) is 21.1 Å². The van der Waals surface area contributed by atoms with E-state index in [0.717, 1.165) is 10.2 Å². The number of fused-ring (bicyclic) bond motifs is 1. The van der Waals surface area contributed by atoms with Gasteiger partial charge in [-0.15, -0.1) is 0 Å². The Morgan fingerprint density at radius 2 is 2.08 bits per heavy atom. The van der Waals surface area contributed by atoms with Crippen LogP contribution in [0.15, 0.2) is 47.5 Å². The van der Waals surface area contributed by atoms with Gasteiger partial charge in [0, 0.05) is 18.2 Å². The Morgan fingerprint density at radius 1 is 1.27 bits per heavy atom. The molecule has 0 aliphatic rings. The number of thiazole rings is 1. The molecule has 0 radical (unpaired) electrons. The number of para-hydroxylation sites is 1. The van der Waals surface area contributed by atoms with E-state index < -0.39 is 0 Å². The molecule has 0 aliphatic carbocycles. The van der Waals surface area contributed by atoms with Crippen LogP contribution < -0.4 is 9.54 Å². The van der Waals surface area contributed by atoms with Gasteiger partial charge in [-0.1, -0.05) is 35.1 Å². The summed E-state index contributed by atoms with van der Waals surface area (Å²) in [6, 6.07) is 12.9. The number of carbonyl (C=O) groups excluding carboxylic acids is 1. The molecule has 2 aromatic carbocycles. The quantitative estimate of drug-likeness (QED) is 0.594. The molecule has 0 spiro atoms. The van der Waals surface area contributed by atoms with Crippen molar-refractivity contribution in [2.45, 2.75) is 13.5 Å². The lowest BCUT2D eigenvalue weighted by molar-refractivity contribution is 0.0993. The van der Waals surface area contributed by atoms with Gasteiger partial charge < -0.3 is 14.0 Å². The van der Waals surface area contributed by atoms with E-state index >= 15 is 0 Å². The molecule has 5 nitrogen and oxygen atoms in total. The molecule has 3 aromatic rings. The zero-order valence-corrected chi connectivity index (χ0v) is 16.1. The maximum Gasteiger partial charge on any atom is 0.283 e. The number of rotatable bonds is 6. The highest BCUT2D eigenvalue weighted by Crippen LogP contribution is 2.23. The Bertz CT molecular complexity index is 994. The Hall–Kier alpha value is -2.15. The van der Waals surface area contributed by atoms with Crippen LogP contribution in [0.25, 0.3) is 10.2 Å². The zero-order valence-electron chi connectivity index (χ0n) is 14.6. The van der Waals surface area contributed by atoms with Crippen LogP contribution >= 0.6 is 22.9 Å². The number of hydrogen-bond acceptors (Lipinski definition) is 4. The van der Waals surface area contributed by atoms with Crippen LogP contribution in [0.1, 0.15) is 17.3 Å². The van der Waals surface area contributed by atoms with Crippen LogP contribution in [0.4, 0.5) is 0 Å². The third-order valence-electron chi connectivity index (χ3n) is 3.84. The van der Waals surface area contributed by atoms with E-state index in [9.17, 15) is 4.79 Å². The van der Waals surface area contributed by atoms with Crippen LogP contribution in [0.5, 0.6) is 5.75 Å². The largest absolute Gasteiger partial charge is 0.496 e. The minimum absolute atomic E-state index is 0.341. The van der Waals surface area contributed by atoms with Crippen molar-refractivity contribution >= 4 is 39.1 Å². The van der Waals surface area contributed by atoms with Crippen molar-refractivity contribution in [1.82, 2.24) is 4.57 Å². The highest BCUT2D eigenvalue weighted by Gasteiger charge is 2.14. The predicted octanol–water partition coefficient (Wildman–Crippen LogP) is 4.14. The molecule has 1 amide bonds. The van der Waals surface area contributed by atoms with E-state index in [-0.39, 0.29) is 5.91 Å². The Labute approximate surface area is 160 Å². The third-order valence-corrected chi connectivity index (χ3v) is 5.14. The number of nitrogens with zero attached hydrogens (tertiary/aromatic N) is 2. The second-order valence-corrected chi connectivity index (χ2v) is 6.91. The van der Waals surface area contributed by atoms with Gasteiger partial charge in [0.2, 0.25) is 0 Å². The first-order valence-corrected chi connectivity index (χ1v) is 9.42. The molecule has 136 valence electrons. The van der Waals surface area contributed by atoms with Crippen molar-refractivity contribution in [1.29, 1.82) is 0 Å². The number of benzene rings is 2. The lowest BCUT2D eigenvalue weighted by Gasteiger charge is -2.06. The van der Waals surface area contributed by atoms with E-state index in [1.165, 1.54) is 18.4 Å². The zero-order chi connectivity index (χ0) is 18.5. The molecule has 0 saturated heterocycles. The molecule has 0 N–H and O–H groups in total. The number of aromatic nitrogens is 1. The van der Waals surface area contributed by atoms with Gasteiger partial charge in [-0.05, 0) is 37.3 Å². The second-order valence-electron chi connectivity index (χ2n) is 5.46. The summed E-state index contributed by atoms with van der Waals surface area (Å²) in [4.78, 5) is 17.7. The molecular formula is C19H19ClN2O3S. The van der Waals surface area contributed by atoms with Crippen molar-refractivity contribution in [3.63, 3.8) is 0 Å². The van der Waals surface area contributed by atoms with Crippen LogP contribution in [0, 0.1) is 0 Å². The summed E-state index contributed by atoms with van der Waals surface area (Å²) in [7, 11) is 1.52. The number of hydrogen-bond donors (Lipinski definition) is 0. The van der Waals surface area contributed by atoms with Gasteiger partial charge in [-0.3, -0.25) is 4.79 Å². The predicted molar refractivity (Wildman–Crippen MR) is 104 cm³/mol. The highest BCUT2D eigenvalue weighted by atomic mass is 35.5. The molecule has 7 heteroatoms. The van der Waals surface area contributed by atoms with Gasteiger partial charge in [0.1, 0.15) is 5.75 Å². The lowest BCUT2D eigenvalue weighted by Crippen LogP contribution is -2.20. The molecule has 0 atom stereocenters. The normalized spacial score (nSPS) is 11.9. The van der Waals surface area contributed by atoms with Crippen molar-refractivity contribution in [2.24, 2.45) is 4.99 Å². The van der Waals surface area contributed by atoms with Crippen LogP contribution in [-0.2, 0) is 11.3 Å². The van der Waals surface area contributed by atoms with Crippen LogP contribution in [-0.4, -0.2) is 30.8 Å². The summed E-state index contributed by atoms with van der Waals surface area (Å²) in [6.07, 6.45) is 0. The van der Waals surface area contributed by atoms with Gasteiger partial charge in [-0.25, -0.2) is 0 Å². The maximum atomic E-state index is 12.8. The van der Waals surface area contributed by atoms with E-state index in [1.807, 2.05) is 35.8 Å². The van der Waals surface area contributed by atoms with Gasteiger partial charge in [0.05, 0.1) is 29.5 Å². The number of carbonyl (C=O) groups is 1. The molecular weight excluding hydrogens is 372 g/mol. The van der Waals surface area contributed by atoms with Crippen molar-refractivity contribution in [3.8, 4) is 5.75 Å². The van der Waals surface area contributed by atoms with Gasteiger partial charge in [-0.2, -0.15) is 4.99 Å². The molecule has 0 unspecified atom stereocenters. The van der Waals surface area contributed by atoms with Crippen molar-refractivity contribution in [3.05, 3.63) is 57.9 Å². The van der Waals surface area contributed by atoms with Crippen molar-refractivity contribution < 1.29 is 14.3 Å². The summed E-state index contributed by atoms with van der Waals surface area (Å²) in [5.41, 5.74) is 1.37. The first-order valence-electron chi connectivity index (χ1n) is 8.22.